The van der Waals surface area contributed by atoms with Crippen molar-refractivity contribution in [3.05, 3.63) is 74.6 Å². The fraction of sp³-hybridized carbons (Fsp3) is 0.0625. The molecule has 1 atom stereocenters. The molecule has 2 heterocycles. The molecule has 2 aromatic carbocycles. The van der Waals surface area contributed by atoms with Gasteiger partial charge < -0.3 is 5.73 Å². The molecule has 0 aliphatic carbocycles. The van der Waals surface area contributed by atoms with Gasteiger partial charge in [-0.25, -0.2) is 4.99 Å². The number of benzene rings is 2. The van der Waals surface area contributed by atoms with Crippen molar-refractivity contribution in [2.75, 3.05) is 5.32 Å². The molecule has 1 aliphatic heterocycles. The molecule has 25 heavy (non-hydrogen) atoms. The van der Waals surface area contributed by atoms with Gasteiger partial charge in [0.1, 0.15) is 0 Å². The highest BCUT2D eigenvalue weighted by Crippen LogP contribution is 2.30. The van der Waals surface area contributed by atoms with Crippen molar-refractivity contribution in [3.8, 4) is 0 Å². The molecule has 1 unspecified atom stereocenters. The SMILES string of the molecule is NC1=NC(c2ccc([N+](=O)[O-])cc2)n2c(nc(=O)c3ccccc32)N1. The molecule has 9 nitrogen and oxygen atoms in total. The summed E-state index contributed by atoms with van der Waals surface area (Å²) < 4.78 is 1.74. The van der Waals surface area contributed by atoms with Crippen LogP contribution in [-0.4, -0.2) is 20.4 Å². The summed E-state index contributed by atoms with van der Waals surface area (Å²) in [6, 6.07) is 13.1. The monoisotopic (exact) mass is 336 g/mol. The van der Waals surface area contributed by atoms with E-state index in [1.807, 2.05) is 6.07 Å². The van der Waals surface area contributed by atoms with E-state index in [0.29, 0.717) is 16.5 Å². The number of hydrogen-bond acceptors (Lipinski definition) is 7. The molecular formula is C16H12N6O3. The lowest BCUT2D eigenvalue weighted by Gasteiger charge is -2.27. The second-order valence-electron chi connectivity index (χ2n) is 5.49. The van der Waals surface area contributed by atoms with E-state index in [4.69, 9.17) is 5.73 Å². The molecule has 1 aromatic heterocycles. The molecule has 0 saturated heterocycles. The van der Waals surface area contributed by atoms with Gasteiger partial charge in [-0.3, -0.25) is 24.8 Å². The molecule has 1 aliphatic rings. The van der Waals surface area contributed by atoms with Crippen molar-refractivity contribution < 1.29 is 4.92 Å². The Morgan fingerprint density at radius 2 is 1.88 bits per heavy atom. The second kappa shape index (κ2) is 5.41. The van der Waals surface area contributed by atoms with Crippen LogP contribution in [0.25, 0.3) is 10.9 Å². The summed E-state index contributed by atoms with van der Waals surface area (Å²) in [5, 5.41) is 14.1. The maximum Gasteiger partial charge on any atom is 0.282 e. The first-order chi connectivity index (χ1) is 12.0. The third kappa shape index (κ3) is 2.38. The smallest absolute Gasteiger partial charge is 0.282 e. The Kier molecular flexibility index (Phi) is 3.21. The van der Waals surface area contributed by atoms with Crippen molar-refractivity contribution in [2.45, 2.75) is 6.17 Å². The Balaban J connectivity index is 1.95. The van der Waals surface area contributed by atoms with Gasteiger partial charge in [-0.1, -0.05) is 12.1 Å². The van der Waals surface area contributed by atoms with Gasteiger partial charge in [0.05, 0.1) is 15.8 Å². The number of para-hydroxylation sites is 1. The van der Waals surface area contributed by atoms with Crippen LogP contribution in [0, 0.1) is 10.1 Å². The number of non-ortho nitro benzene ring substituents is 1. The van der Waals surface area contributed by atoms with E-state index in [1.54, 1.807) is 34.9 Å². The van der Waals surface area contributed by atoms with Gasteiger partial charge in [0.2, 0.25) is 5.95 Å². The minimum absolute atomic E-state index is 0.0160. The molecular weight excluding hydrogens is 324 g/mol. The van der Waals surface area contributed by atoms with E-state index in [-0.39, 0.29) is 23.2 Å². The first-order valence-corrected chi connectivity index (χ1v) is 7.40. The van der Waals surface area contributed by atoms with Crippen molar-refractivity contribution in [2.24, 2.45) is 10.7 Å². The van der Waals surface area contributed by atoms with Gasteiger partial charge in [0, 0.05) is 12.1 Å². The number of anilines is 1. The third-order valence-corrected chi connectivity index (χ3v) is 3.98. The van der Waals surface area contributed by atoms with Gasteiger partial charge in [-0.2, -0.15) is 4.98 Å². The zero-order chi connectivity index (χ0) is 17.6. The van der Waals surface area contributed by atoms with Crippen LogP contribution in [0.3, 0.4) is 0 Å². The van der Waals surface area contributed by atoms with Gasteiger partial charge in [-0.15, -0.1) is 0 Å². The second-order valence-corrected chi connectivity index (χ2v) is 5.49. The summed E-state index contributed by atoms with van der Waals surface area (Å²) in [5.41, 5.74) is 6.77. The van der Waals surface area contributed by atoms with Crippen LogP contribution in [0.4, 0.5) is 11.6 Å². The highest BCUT2D eigenvalue weighted by molar-refractivity contribution is 5.93. The average Bonchev–Trinajstić information content (AvgIpc) is 2.61. The summed E-state index contributed by atoms with van der Waals surface area (Å²) in [4.78, 5) is 31.0. The lowest BCUT2D eigenvalue weighted by molar-refractivity contribution is -0.384. The largest absolute Gasteiger partial charge is 0.370 e. The number of nitrogens with zero attached hydrogens (tertiary/aromatic N) is 4. The summed E-state index contributed by atoms with van der Waals surface area (Å²) in [6.45, 7) is 0. The van der Waals surface area contributed by atoms with Gasteiger partial charge in [0.25, 0.3) is 11.2 Å². The molecule has 3 aromatic rings. The number of aliphatic imine (C=N–C) groups is 1. The van der Waals surface area contributed by atoms with Crippen LogP contribution in [0.15, 0.2) is 58.3 Å². The molecule has 3 N–H and O–H groups in total. The Morgan fingerprint density at radius 1 is 1.16 bits per heavy atom. The molecule has 4 rings (SSSR count). The van der Waals surface area contributed by atoms with Gasteiger partial charge in [0.15, 0.2) is 12.1 Å². The fourth-order valence-electron chi connectivity index (χ4n) is 2.85. The molecule has 0 amide bonds. The molecule has 9 heteroatoms. The van der Waals surface area contributed by atoms with E-state index in [9.17, 15) is 14.9 Å². The van der Waals surface area contributed by atoms with E-state index in [1.165, 1.54) is 12.1 Å². The van der Waals surface area contributed by atoms with Gasteiger partial charge in [-0.05, 0) is 29.8 Å². The summed E-state index contributed by atoms with van der Waals surface area (Å²) in [7, 11) is 0. The first kappa shape index (κ1) is 14.8. The van der Waals surface area contributed by atoms with Crippen LogP contribution in [0.1, 0.15) is 11.7 Å². The normalized spacial score (nSPS) is 16.0. The van der Waals surface area contributed by atoms with Crippen LogP contribution in [0.2, 0.25) is 0 Å². The van der Waals surface area contributed by atoms with Crippen molar-refractivity contribution >= 4 is 28.5 Å². The van der Waals surface area contributed by atoms with Crippen LogP contribution >= 0.6 is 0 Å². The lowest BCUT2D eigenvalue weighted by atomic mass is 10.1. The maximum atomic E-state index is 12.2. The van der Waals surface area contributed by atoms with Crippen molar-refractivity contribution in [3.63, 3.8) is 0 Å². The van der Waals surface area contributed by atoms with Crippen LogP contribution in [-0.2, 0) is 0 Å². The Morgan fingerprint density at radius 3 is 2.60 bits per heavy atom. The van der Waals surface area contributed by atoms with Crippen molar-refractivity contribution in [1.29, 1.82) is 0 Å². The molecule has 0 saturated carbocycles. The maximum absolute atomic E-state index is 12.2. The molecule has 0 fully saturated rings. The zero-order valence-electron chi connectivity index (χ0n) is 12.8. The Hall–Kier alpha value is -3.75. The quantitative estimate of drug-likeness (QED) is 0.540. The van der Waals surface area contributed by atoms with Crippen molar-refractivity contribution in [1.82, 2.24) is 9.55 Å². The predicted octanol–water partition coefficient (Wildman–Crippen LogP) is 1.59. The van der Waals surface area contributed by atoms with Crippen LogP contribution < -0.4 is 16.6 Å². The average molecular weight is 336 g/mol. The third-order valence-electron chi connectivity index (χ3n) is 3.98. The molecule has 0 radical (unpaired) electrons. The zero-order valence-corrected chi connectivity index (χ0v) is 12.8. The van der Waals surface area contributed by atoms with E-state index in [0.717, 1.165) is 0 Å². The number of nitrogens with one attached hydrogen (secondary N) is 1. The van der Waals surface area contributed by atoms with E-state index < -0.39 is 11.1 Å². The predicted molar refractivity (Wildman–Crippen MR) is 92.5 cm³/mol. The first-order valence-electron chi connectivity index (χ1n) is 7.40. The number of rotatable bonds is 2. The number of aromatic nitrogens is 2. The Bertz CT molecular complexity index is 1090. The number of hydrogen-bond donors (Lipinski definition) is 2. The minimum Gasteiger partial charge on any atom is -0.370 e. The number of nitro groups is 1. The fourth-order valence-corrected chi connectivity index (χ4v) is 2.85. The molecule has 0 bridgehead atoms. The highest BCUT2D eigenvalue weighted by Gasteiger charge is 2.24. The number of nitrogens with two attached hydrogens (primary N) is 1. The summed E-state index contributed by atoms with van der Waals surface area (Å²) >= 11 is 0. The summed E-state index contributed by atoms with van der Waals surface area (Å²) in [6.07, 6.45) is -0.588. The number of guanidine groups is 1. The van der Waals surface area contributed by atoms with E-state index in [2.05, 4.69) is 15.3 Å². The topological polar surface area (TPSA) is 128 Å². The molecule has 0 spiro atoms. The Labute approximate surface area is 140 Å². The van der Waals surface area contributed by atoms with E-state index >= 15 is 0 Å². The number of fused-ring (bicyclic) bond motifs is 3. The van der Waals surface area contributed by atoms with Crippen LogP contribution in [0.5, 0.6) is 0 Å². The number of nitro benzene ring substituents is 1. The standard InChI is InChI=1S/C16H12N6O3/c17-15-18-13(9-5-7-10(8-6-9)22(24)25)21-12-4-2-1-3-11(12)14(23)19-16(21)20-15/h1-8,13H,(H3,17,18,19,20,23). The molecule has 124 valence electrons. The minimum atomic E-state index is -0.588. The lowest BCUT2D eigenvalue weighted by Crippen LogP contribution is -2.34. The summed E-state index contributed by atoms with van der Waals surface area (Å²) in [5.74, 6) is 0.394. The van der Waals surface area contributed by atoms with Gasteiger partial charge >= 0.3 is 0 Å². The highest BCUT2D eigenvalue weighted by atomic mass is 16.6.